The first kappa shape index (κ1) is 27.5. The molecule has 0 saturated carbocycles. The molecule has 12 nitrogen and oxygen atoms in total. The van der Waals surface area contributed by atoms with E-state index in [1.54, 1.807) is 31.3 Å². The average molecular weight is 545 g/mol. The standard InChI is InChI=1S/C25H32N6O6S/c1-15(2)37-23(18-14-26-16(3)13-27-18)17(4)38(33,34)30-25-29-28-24(21-10-6-7-12-36-21)31(25)22-19(32)9-8-11-20(22)35-5/h6,8-11,13-15,17,21,23,32H,7,12H2,1-5H3,(H,29,30)/t17-,21-,23+/m0/s1. The Morgan fingerprint density at radius 3 is 2.61 bits per heavy atom. The molecule has 0 saturated heterocycles. The van der Waals surface area contributed by atoms with E-state index in [4.69, 9.17) is 14.2 Å². The lowest BCUT2D eigenvalue weighted by molar-refractivity contribution is 0.00394. The molecule has 0 aliphatic carbocycles. The molecule has 0 fully saturated rings. The number of hydrogen-bond donors (Lipinski definition) is 2. The number of hydrogen-bond acceptors (Lipinski definition) is 10. The van der Waals surface area contributed by atoms with Gasteiger partial charge in [0.1, 0.15) is 34.6 Å². The van der Waals surface area contributed by atoms with Crippen LogP contribution in [0.2, 0.25) is 0 Å². The molecule has 13 heteroatoms. The lowest BCUT2D eigenvalue weighted by Crippen LogP contribution is -2.34. The van der Waals surface area contributed by atoms with E-state index in [0.717, 1.165) is 6.42 Å². The highest BCUT2D eigenvalue weighted by Gasteiger charge is 2.36. The molecule has 0 bridgehead atoms. The van der Waals surface area contributed by atoms with Gasteiger partial charge < -0.3 is 19.3 Å². The van der Waals surface area contributed by atoms with Gasteiger partial charge in [0.25, 0.3) is 0 Å². The van der Waals surface area contributed by atoms with Gasteiger partial charge in [-0.15, -0.1) is 10.2 Å². The van der Waals surface area contributed by atoms with E-state index in [1.807, 2.05) is 19.9 Å². The number of anilines is 1. The third-order valence-corrected chi connectivity index (χ3v) is 7.61. The molecule has 0 unspecified atom stereocenters. The molecule has 0 amide bonds. The summed E-state index contributed by atoms with van der Waals surface area (Å²) in [7, 11) is -2.70. The summed E-state index contributed by atoms with van der Waals surface area (Å²) in [6, 6.07) is 4.71. The molecule has 2 aromatic heterocycles. The number of benzene rings is 1. The largest absolute Gasteiger partial charge is 0.506 e. The highest BCUT2D eigenvalue weighted by molar-refractivity contribution is 7.93. The summed E-state index contributed by atoms with van der Waals surface area (Å²) >= 11 is 0. The van der Waals surface area contributed by atoms with E-state index in [9.17, 15) is 13.5 Å². The number of sulfonamides is 1. The first-order chi connectivity index (χ1) is 18.1. The van der Waals surface area contributed by atoms with Crippen LogP contribution in [0.15, 0.2) is 42.7 Å². The Balaban J connectivity index is 1.78. The zero-order valence-corrected chi connectivity index (χ0v) is 22.7. The minimum absolute atomic E-state index is 0.146. The van der Waals surface area contributed by atoms with Crippen molar-refractivity contribution < 1.29 is 27.7 Å². The molecule has 3 atom stereocenters. The lowest BCUT2D eigenvalue weighted by atomic mass is 10.2. The lowest BCUT2D eigenvalue weighted by Gasteiger charge is -2.26. The van der Waals surface area contributed by atoms with Crippen LogP contribution in [0.5, 0.6) is 11.5 Å². The van der Waals surface area contributed by atoms with Gasteiger partial charge >= 0.3 is 0 Å². The second-order valence-electron chi connectivity index (χ2n) is 9.09. The number of nitrogens with zero attached hydrogens (tertiary/aromatic N) is 5. The van der Waals surface area contributed by atoms with E-state index < -0.39 is 27.5 Å². The molecule has 4 rings (SSSR count). The number of methoxy groups -OCH3 is 1. The molecule has 3 aromatic rings. The van der Waals surface area contributed by atoms with Crippen LogP contribution >= 0.6 is 0 Å². The van der Waals surface area contributed by atoms with Crippen LogP contribution in [0.1, 0.15) is 56.6 Å². The van der Waals surface area contributed by atoms with Gasteiger partial charge in [-0.1, -0.05) is 18.2 Å². The molecule has 1 aliphatic rings. The van der Waals surface area contributed by atoms with Crippen molar-refractivity contribution in [1.29, 1.82) is 0 Å². The number of nitrogens with one attached hydrogen (secondary N) is 1. The number of aromatic nitrogens is 5. The smallest absolute Gasteiger partial charge is 0.243 e. The van der Waals surface area contributed by atoms with E-state index in [-0.39, 0.29) is 35.1 Å². The zero-order valence-electron chi connectivity index (χ0n) is 21.9. The van der Waals surface area contributed by atoms with Crippen molar-refractivity contribution in [2.75, 3.05) is 18.4 Å². The fraction of sp³-hybridized carbons (Fsp3) is 0.440. The van der Waals surface area contributed by atoms with Crippen molar-refractivity contribution in [1.82, 2.24) is 24.7 Å². The monoisotopic (exact) mass is 544 g/mol. The minimum atomic E-state index is -4.14. The van der Waals surface area contributed by atoms with E-state index in [2.05, 4.69) is 24.9 Å². The van der Waals surface area contributed by atoms with Gasteiger partial charge in [0.05, 0.1) is 37.4 Å². The molecular weight excluding hydrogens is 512 g/mol. The van der Waals surface area contributed by atoms with Crippen molar-refractivity contribution in [2.24, 2.45) is 0 Å². The fourth-order valence-corrected chi connectivity index (χ4v) is 5.11. The minimum Gasteiger partial charge on any atom is -0.506 e. The maximum Gasteiger partial charge on any atom is 0.243 e. The zero-order chi connectivity index (χ0) is 27.4. The number of aryl methyl sites for hydroxylation is 1. The van der Waals surface area contributed by atoms with Gasteiger partial charge in [0.15, 0.2) is 5.82 Å². The normalized spacial score (nSPS) is 17.4. The Bertz CT molecular complexity index is 1390. The van der Waals surface area contributed by atoms with Gasteiger partial charge in [0.2, 0.25) is 16.0 Å². The fourth-order valence-electron chi connectivity index (χ4n) is 4.01. The van der Waals surface area contributed by atoms with Crippen molar-refractivity contribution >= 4 is 16.0 Å². The summed E-state index contributed by atoms with van der Waals surface area (Å²) in [5.41, 5.74) is 1.25. The molecule has 0 radical (unpaired) electrons. The van der Waals surface area contributed by atoms with Crippen LogP contribution in [-0.4, -0.2) is 63.3 Å². The molecule has 1 aromatic carbocycles. The third kappa shape index (κ3) is 5.79. The summed E-state index contributed by atoms with van der Waals surface area (Å²) in [6.45, 7) is 7.39. The Labute approximate surface area is 221 Å². The summed E-state index contributed by atoms with van der Waals surface area (Å²) in [6.07, 6.45) is 5.74. The molecule has 38 heavy (non-hydrogen) atoms. The Morgan fingerprint density at radius 1 is 1.18 bits per heavy atom. The van der Waals surface area contributed by atoms with E-state index in [1.165, 1.54) is 30.9 Å². The highest BCUT2D eigenvalue weighted by atomic mass is 32.2. The first-order valence-electron chi connectivity index (χ1n) is 12.2. The summed E-state index contributed by atoms with van der Waals surface area (Å²) in [5.74, 6) is 0.253. The number of ether oxygens (including phenoxy) is 3. The van der Waals surface area contributed by atoms with Gasteiger partial charge in [-0.05, 0) is 46.2 Å². The van der Waals surface area contributed by atoms with Gasteiger partial charge in [0, 0.05) is 6.20 Å². The van der Waals surface area contributed by atoms with Gasteiger partial charge in [-0.2, -0.15) is 0 Å². The van der Waals surface area contributed by atoms with Gasteiger partial charge in [-0.3, -0.25) is 19.3 Å². The Kier molecular flexibility index (Phi) is 8.29. The number of para-hydroxylation sites is 1. The number of rotatable bonds is 10. The second-order valence-corrected chi connectivity index (χ2v) is 11.1. The Hall–Kier alpha value is -3.55. The van der Waals surface area contributed by atoms with Crippen LogP contribution in [0.3, 0.4) is 0 Å². The van der Waals surface area contributed by atoms with Crippen molar-refractivity contribution in [2.45, 2.75) is 57.7 Å². The highest BCUT2D eigenvalue weighted by Crippen LogP contribution is 2.37. The molecule has 2 N–H and O–H groups in total. The first-order valence-corrected chi connectivity index (χ1v) is 13.7. The number of phenols is 1. The van der Waals surface area contributed by atoms with Crippen LogP contribution in [0.25, 0.3) is 5.69 Å². The van der Waals surface area contributed by atoms with Crippen molar-refractivity contribution in [3.63, 3.8) is 0 Å². The quantitative estimate of drug-likeness (QED) is 0.363. The molecule has 204 valence electrons. The molecular formula is C25H32N6O6S. The summed E-state index contributed by atoms with van der Waals surface area (Å²) in [4.78, 5) is 8.60. The Morgan fingerprint density at radius 2 is 1.97 bits per heavy atom. The van der Waals surface area contributed by atoms with Crippen LogP contribution in [0.4, 0.5) is 5.95 Å². The van der Waals surface area contributed by atoms with Crippen LogP contribution in [0, 0.1) is 6.92 Å². The predicted molar refractivity (Wildman–Crippen MR) is 140 cm³/mol. The van der Waals surface area contributed by atoms with Crippen LogP contribution in [-0.2, 0) is 19.5 Å². The number of phenolic OH excluding ortho intramolecular Hbond substituents is 1. The van der Waals surface area contributed by atoms with Gasteiger partial charge in [-0.25, -0.2) is 8.42 Å². The SMILES string of the molecule is COc1cccc(O)c1-n1c(NS(=O)(=O)[C@@H](C)[C@@H](OC(C)C)c2cnc(C)cn2)nnc1[C@@H]1C=CCCO1. The molecule has 0 spiro atoms. The summed E-state index contributed by atoms with van der Waals surface area (Å²) in [5, 5.41) is 18.0. The second kappa shape index (κ2) is 11.5. The van der Waals surface area contributed by atoms with Crippen molar-refractivity contribution in [3.8, 4) is 17.2 Å². The maximum atomic E-state index is 13.7. The molecule has 3 heterocycles. The van der Waals surface area contributed by atoms with Crippen LogP contribution < -0.4 is 9.46 Å². The van der Waals surface area contributed by atoms with E-state index >= 15 is 0 Å². The predicted octanol–water partition coefficient (Wildman–Crippen LogP) is 3.39. The average Bonchev–Trinajstić information content (AvgIpc) is 3.29. The maximum absolute atomic E-state index is 13.7. The number of aromatic hydroxyl groups is 1. The summed E-state index contributed by atoms with van der Waals surface area (Å²) < 4.78 is 48.6. The van der Waals surface area contributed by atoms with E-state index in [0.29, 0.717) is 18.0 Å². The molecule has 1 aliphatic heterocycles. The van der Waals surface area contributed by atoms with Crippen molar-refractivity contribution in [3.05, 3.63) is 60.0 Å². The topological polar surface area (TPSA) is 151 Å². The third-order valence-electron chi connectivity index (χ3n) is 5.92.